The molecule has 0 saturated carbocycles. The fraction of sp³-hybridized carbons (Fsp3) is 0.455. The van der Waals surface area contributed by atoms with E-state index in [1.165, 1.54) is 6.92 Å². The Balaban J connectivity index is 2.50. The molecule has 1 atom stereocenters. The van der Waals surface area contributed by atoms with Crippen molar-refractivity contribution >= 4 is 27.5 Å². The van der Waals surface area contributed by atoms with Crippen LogP contribution in [0.1, 0.15) is 18.9 Å². The van der Waals surface area contributed by atoms with Crippen LogP contribution in [0.2, 0.25) is 5.02 Å². The standard InChI is InChI=1S/C11H12BrClF3N/c1-7(5-11(14,15)16)17-6-8-2-3-9(13)4-10(8)12/h2-4,7,17H,5-6H2,1H3. The van der Waals surface area contributed by atoms with Gasteiger partial charge in [0.15, 0.2) is 0 Å². The smallest absolute Gasteiger partial charge is 0.310 e. The normalized spacial score (nSPS) is 13.8. The van der Waals surface area contributed by atoms with Gasteiger partial charge in [-0.3, -0.25) is 0 Å². The number of hydrogen-bond acceptors (Lipinski definition) is 1. The second-order valence-corrected chi connectivity index (χ2v) is 5.13. The topological polar surface area (TPSA) is 12.0 Å². The molecule has 0 radical (unpaired) electrons. The van der Waals surface area contributed by atoms with Crippen molar-refractivity contribution < 1.29 is 13.2 Å². The molecule has 0 spiro atoms. The van der Waals surface area contributed by atoms with Crippen LogP contribution in [0.4, 0.5) is 13.2 Å². The molecule has 1 rings (SSSR count). The van der Waals surface area contributed by atoms with Gasteiger partial charge in [-0.1, -0.05) is 33.6 Å². The summed E-state index contributed by atoms with van der Waals surface area (Å²) in [6, 6.07) is 4.59. The Morgan fingerprint density at radius 3 is 2.59 bits per heavy atom. The first-order valence-corrected chi connectivity index (χ1v) is 6.19. The first kappa shape index (κ1) is 14.8. The predicted molar refractivity (Wildman–Crippen MR) is 66.1 cm³/mol. The fourth-order valence-electron chi connectivity index (χ4n) is 1.37. The Labute approximate surface area is 111 Å². The quantitative estimate of drug-likeness (QED) is 0.855. The van der Waals surface area contributed by atoms with Crippen LogP contribution in [-0.4, -0.2) is 12.2 Å². The van der Waals surface area contributed by atoms with Gasteiger partial charge in [0.2, 0.25) is 0 Å². The maximum Gasteiger partial charge on any atom is 0.390 e. The third kappa shape index (κ3) is 5.75. The van der Waals surface area contributed by atoms with Crippen LogP contribution in [0.15, 0.2) is 22.7 Å². The van der Waals surface area contributed by atoms with Gasteiger partial charge in [-0.15, -0.1) is 0 Å². The van der Waals surface area contributed by atoms with Crippen molar-refractivity contribution in [2.45, 2.75) is 32.1 Å². The van der Waals surface area contributed by atoms with Gasteiger partial charge in [-0.2, -0.15) is 13.2 Å². The van der Waals surface area contributed by atoms with E-state index in [1.807, 2.05) is 0 Å². The molecule has 1 N–H and O–H groups in total. The minimum absolute atomic E-state index is 0.370. The summed E-state index contributed by atoms with van der Waals surface area (Å²) in [5.41, 5.74) is 0.878. The second kappa shape index (κ2) is 6.07. The second-order valence-electron chi connectivity index (χ2n) is 3.84. The summed E-state index contributed by atoms with van der Waals surface area (Å²) in [6.07, 6.45) is -4.97. The van der Waals surface area contributed by atoms with E-state index in [2.05, 4.69) is 21.2 Å². The van der Waals surface area contributed by atoms with Crippen molar-refractivity contribution in [3.8, 4) is 0 Å². The highest BCUT2D eigenvalue weighted by atomic mass is 79.9. The molecule has 6 heteroatoms. The Hall–Kier alpha value is -0.260. The third-order valence-corrected chi connectivity index (χ3v) is 3.17. The molecule has 0 heterocycles. The van der Waals surface area contributed by atoms with Crippen molar-refractivity contribution in [3.63, 3.8) is 0 Å². The van der Waals surface area contributed by atoms with E-state index in [9.17, 15) is 13.2 Å². The Morgan fingerprint density at radius 2 is 2.06 bits per heavy atom. The molecule has 0 amide bonds. The molecule has 0 aliphatic rings. The zero-order chi connectivity index (χ0) is 13.1. The maximum absolute atomic E-state index is 12.1. The first-order valence-electron chi connectivity index (χ1n) is 5.02. The Morgan fingerprint density at radius 1 is 1.41 bits per heavy atom. The predicted octanol–water partition coefficient (Wildman–Crippen LogP) is 4.53. The van der Waals surface area contributed by atoms with Crippen LogP contribution in [-0.2, 0) is 6.54 Å². The van der Waals surface area contributed by atoms with Crippen LogP contribution in [0, 0.1) is 0 Å². The van der Waals surface area contributed by atoms with Crippen LogP contribution in [0.5, 0.6) is 0 Å². The van der Waals surface area contributed by atoms with E-state index < -0.39 is 18.6 Å². The summed E-state index contributed by atoms with van der Waals surface area (Å²) in [5.74, 6) is 0. The molecule has 0 aliphatic carbocycles. The monoisotopic (exact) mass is 329 g/mol. The number of benzene rings is 1. The molecule has 0 aliphatic heterocycles. The molecule has 0 aromatic heterocycles. The SMILES string of the molecule is CC(CC(F)(F)F)NCc1ccc(Cl)cc1Br. The summed E-state index contributed by atoms with van der Waals surface area (Å²) >= 11 is 9.08. The molecule has 0 bridgehead atoms. The van der Waals surface area contributed by atoms with Crippen molar-refractivity contribution in [1.82, 2.24) is 5.32 Å². The number of nitrogens with one attached hydrogen (secondary N) is 1. The average molecular weight is 331 g/mol. The highest BCUT2D eigenvalue weighted by Crippen LogP contribution is 2.23. The molecule has 1 nitrogen and oxygen atoms in total. The van der Waals surface area contributed by atoms with Gasteiger partial charge in [-0.05, 0) is 24.6 Å². The van der Waals surface area contributed by atoms with Crippen LogP contribution in [0.25, 0.3) is 0 Å². The Kier molecular flexibility index (Phi) is 5.28. The van der Waals surface area contributed by atoms with Crippen molar-refractivity contribution in [2.24, 2.45) is 0 Å². The molecule has 96 valence electrons. The van der Waals surface area contributed by atoms with Crippen molar-refractivity contribution in [1.29, 1.82) is 0 Å². The van der Waals surface area contributed by atoms with Crippen LogP contribution < -0.4 is 5.32 Å². The van der Waals surface area contributed by atoms with E-state index in [1.54, 1.807) is 18.2 Å². The summed E-state index contributed by atoms with van der Waals surface area (Å²) in [4.78, 5) is 0. The molecular formula is C11H12BrClF3N. The lowest BCUT2D eigenvalue weighted by atomic mass is 10.2. The van der Waals surface area contributed by atoms with Gasteiger partial charge >= 0.3 is 6.18 Å². The highest BCUT2D eigenvalue weighted by Gasteiger charge is 2.29. The minimum Gasteiger partial charge on any atom is -0.310 e. The number of alkyl halides is 3. The average Bonchev–Trinajstić information content (AvgIpc) is 2.13. The zero-order valence-electron chi connectivity index (χ0n) is 9.11. The third-order valence-electron chi connectivity index (χ3n) is 2.19. The van der Waals surface area contributed by atoms with Crippen LogP contribution >= 0.6 is 27.5 Å². The number of rotatable bonds is 4. The molecule has 1 aromatic carbocycles. The summed E-state index contributed by atoms with van der Waals surface area (Å²) in [7, 11) is 0. The number of hydrogen-bond donors (Lipinski definition) is 1. The van der Waals surface area contributed by atoms with E-state index in [0.717, 1.165) is 10.0 Å². The molecule has 0 saturated heterocycles. The molecule has 1 unspecified atom stereocenters. The van der Waals surface area contributed by atoms with Gasteiger partial charge < -0.3 is 5.32 Å². The first-order chi connectivity index (χ1) is 7.78. The Bertz CT molecular complexity index is 381. The minimum atomic E-state index is -4.14. The summed E-state index contributed by atoms with van der Waals surface area (Å²) in [5, 5.41) is 3.41. The number of halogens is 5. The molecular weight excluding hydrogens is 318 g/mol. The zero-order valence-corrected chi connectivity index (χ0v) is 11.5. The lowest BCUT2D eigenvalue weighted by Crippen LogP contribution is -2.30. The fourth-order valence-corrected chi connectivity index (χ4v) is 2.19. The van der Waals surface area contributed by atoms with E-state index in [0.29, 0.717) is 11.6 Å². The van der Waals surface area contributed by atoms with Gasteiger partial charge in [0.05, 0.1) is 6.42 Å². The van der Waals surface area contributed by atoms with Crippen molar-refractivity contribution in [3.05, 3.63) is 33.3 Å². The van der Waals surface area contributed by atoms with Gasteiger partial charge in [0, 0.05) is 22.1 Å². The lowest BCUT2D eigenvalue weighted by Gasteiger charge is -2.16. The van der Waals surface area contributed by atoms with Gasteiger partial charge in [0.1, 0.15) is 0 Å². The molecule has 17 heavy (non-hydrogen) atoms. The summed E-state index contributed by atoms with van der Waals surface area (Å²) in [6.45, 7) is 1.88. The van der Waals surface area contributed by atoms with Crippen molar-refractivity contribution in [2.75, 3.05) is 0 Å². The maximum atomic E-state index is 12.1. The highest BCUT2D eigenvalue weighted by molar-refractivity contribution is 9.10. The van der Waals surface area contributed by atoms with E-state index in [-0.39, 0.29) is 0 Å². The van der Waals surface area contributed by atoms with Gasteiger partial charge in [0.25, 0.3) is 0 Å². The lowest BCUT2D eigenvalue weighted by molar-refractivity contribution is -0.139. The molecule has 0 fully saturated rings. The largest absolute Gasteiger partial charge is 0.390 e. The van der Waals surface area contributed by atoms with Gasteiger partial charge in [-0.25, -0.2) is 0 Å². The van der Waals surface area contributed by atoms with Crippen LogP contribution in [0.3, 0.4) is 0 Å². The summed E-state index contributed by atoms with van der Waals surface area (Å²) < 4.78 is 37.1. The molecule has 1 aromatic rings. The van der Waals surface area contributed by atoms with E-state index in [4.69, 9.17) is 11.6 Å². The van der Waals surface area contributed by atoms with E-state index >= 15 is 0 Å².